The van der Waals surface area contributed by atoms with E-state index in [1.807, 2.05) is 0 Å². The van der Waals surface area contributed by atoms with Crippen molar-refractivity contribution in [2.75, 3.05) is 0 Å². The van der Waals surface area contributed by atoms with Crippen LogP contribution in [-0.4, -0.2) is 0 Å². The first-order valence-electron chi connectivity index (χ1n) is 2.54. The van der Waals surface area contributed by atoms with E-state index in [2.05, 4.69) is 45.7 Å². The number of thiophene rings is 1. The summed E-state index contributed by atoms with van der Waals surface area (Å²) in [6.45, 7) is 4.20. The molecular formula is C6H6Br2S. The largest absolute Gasteiger partial charge is 0.132 e. The molecule has 9 heavy (non-hydrogen) atoms. The molecule has 0 atom stereocenters. The summed E-state index contributed by atoms with van der Waals surface area (Å²) < 4.78 is 2.46. The van der Waals surface area contributed by atoms with Crippen molar-refractivity contribution in [3.05, 3.63) is 18.7 Å². The molecule has 0 bridgehead atoms. The summed E-state index contributed by atoms with van der Waals surface area (Å²) in [5.74, 6) is 0. The molecule has 1 heterocycles. The zero-order valence-electron chi connectivity index (χ0n) is 5.16. The first-order valence-corrected chi connectivity index (χ1v) is 4.94. The van der Waals surface area contributed by atoms with E-state index in [1.54, 1.807) is 11.3 Å². The van der Waals surface area contributed by atoms with Crippen LogP contribution in [0.2, 0.25) is 0 Å². The summed E-state index contributed by atoms with van der Waals surface area (Å²) in [6.07, 6.45) is 0. The fourth-order valence-corrected chi connectivity index (χ4v) is 3.14. The van der Waals surface area contributed by atoms with Crippen molar-refractivity contribution in [2.45, 2.75) is 13.8 Å². The summed E-state index contributed by atoms with van der Waals surface area (Å²) in [5, 5.41) is 0. The zero-order chi connectivity index (χ0) is 7.02. The summed E-state index contributed by atoms with van der Waals surface area (Å²) >= 11 is 8.70. The van der Waals surface area contributed by atoms with Crippen LogP contribution in [0, 0.1) is 13.8 Å². The molecule has 0 amide bonds. The Hall–Kier alpha value is 0.660. The predicted octanol–water partition coefficient (Wildman–Crippen LogP) is 3.89. The van der Waals surface area contributed by atoms with E-state index in [1.165, 1.54) is 18.7 Å². The molecule has 1 aromatic heterocycles. The zero-order valence-corrected chi connectivity index (χ0v) is 9.15. The molecule has 0 saturated heterocycles. The van der Waals surface area contributed by atoms with Crippen molar-refractivity contribution in [1.82, 2.24) is 0 Å². The van der Waals surface area contributed by atoms with Crippen LogP contribution in [0.4, 0.5) is 0 Å². The molecule has 0 aromatic carbocycles. The third-order valence-electron chi connectivity index (χ3n) is 1.18. The van der Waals surface area contributed by atoms with Gasteiger partial charge in [0.25, 0.3) is 0 Å². The molecule has 0 aliphatic rings. The molecule has 0 unspecified atom stereocenters. The third kappa shape index (κ3) is 1.38. The lowest BCUT2D eigenvalue weighted by atomic mass is 10.4. The van der Waals surface area contributed by atoms with Gasteiger partial charge in [-0.05, 0) is 51.3 Å². The second-order valence-corrected chi connectivity index (χ2v) is 5.21. The first-order chi connectivity index (χ1) is 4.13. The van der Waals surface area contributed by atoms with Crippen molar-refractivity contribution in [2.24, 2.45) is 0 Å². The Morgan fingerprint density at radius 1 is 1.22 bits per heavy atom. The smallest absolute Gasteiger partial charge is 0.0742 e. The maximum absolute atomic E-state index is 3.48. The Morgan fingerprint density at radius 2 is 1.78 bits per heavy atom. The van der Waals surface area contributed by atoms with Crippen LogP contribution < -0.4 is 0 Å². The molecule has 1 aromatic rings. The minimum Gasteiger partial charge on any atom is -0.132 e. The Labute approximate surface area is 75.5 Å². The topological polar surface area (TPSA) is 0 Å². The van der Waals surface area contributed by atoms with Crippen molar-refractivity contribution in [3.63, 3.8) is 0 Å². The van der Waals surface area contributed by atoms with Crippen LogP contribution in [0.1, 0.15) is 10.4 Å². The molecule has 0 aliphatic heterocycles. The van der Waals surface area contributed by atoms with Gasteiger partial charge in [0, 0.05) is 9.35 Å². The van der Waals surface area contributed by atoms with Gasteiger partial charge in [0.2, 0.25) is 0 Å². The highest BCUT2D eigenvalue weighted by atomic mass is 79.9. The highest BCUT2D eigenvalue weighted by Gasteiger charge is 2.05. The normalized spacial score (nSPS) is 10.2. The number of rotatable bonds is 0. The van der Waals surface area contributed by atoms with Crippen molar-refractivity contribution in [3.8, 4) is 0 Å². The molecule has 0 saturated carbocycles. The molecule has 3 heteroatoms. The van der Waals surface area contributed by atoms with Crippen molar-refractivity contribution >= 4 is 43.2 Å². The van der Waals surface area contributed by atoms with Gasteiger partial charge in [-0.3, -0.25) is 0 Å². The van der Waals surface area contributed by atoms with Gasteiger partial charge in [0.1, 0.15) is 0 Å². The summed E-state index contributed by atoms with van der Waals surface area (Å²) in [6, 6.07) is 0. The lowest BCUT2D eigenvalue weighted by Crippen LogP contribution is -1.65. The van der Waals surface area contributed by atoms with Crippen LogP contribution >= 0.6 is 43.2 Å². The molecule has 0 N–H and O–H groups in total. The maximum atomic E-state index is 3.48. The highest BCUT2D eigenvalue weighted by molar-refractivity contribution is 9.11. The Bertz CT molecular complexity index is 205. The number of hydrogen-bond acceptors (Lipinski definition) is 1. The van der Waals surface area contributed by atoms with Crippen LogP contribution in [0.3, 0.4) is 0 Å². The Morgan fingerprint density at radius 3 is 1.89 bits per heavy atom. The number of halogens is 2. The van der Waals surface area contributed by atoms with Gasteiger partial charge in [0.05, 0.1) is 3.79 Å². The van der Waals surface area contributed by atoms with E-state index in [-0.39, 0.29) is 0 Å². The molecule has 0 nitrogen and oxygen atoms in total. The van der Waals surface area contributed by atoms with Crippen LogP contribution in [-0.2, 0) is 0 Å². The quantitative estimate of drug-likeness (QED) is 0.670. The number of aryl methyl sites for hydroxylation is 1. The monoisotopic (exact) mass is 268 g/mol. The average Bonchev–Trinajstić information content (AvgIpc) is 1.98. The van der Waals surface area contributed by atoms with Gasteiger partial charge in [-0.1, -0.05) is 0 Å². The van der Waals surface area contributed by atoms with Crippen molar-refractivity contribution < 1.29 is 0 Å². The molecule has 0 aliphatic carbocycles. The van der Waals surface area contributed by atoms with Gasteiger partial charge in [-0.2, -0.15) is 0 Å². The van der Waals surface area contributed by atoms with E-state index < -0.39 is 0 Å². The van der Waals surface area contributed by atoms with E-state index in [4.69, 9.17) is 0 Å². The van der Waals surface area contributed by atoms with Gasteiger partial charge < -0.3 is 0 Å². The van der Waals surface area contributed by atoms with Gasteiger partial charge >= 0.3 is 0 Å². The van der Waals surface area contributed by atoms with E-state index in [9.17, 15) is 0 Å². The fraction of sp³-hybridized carbons (Fsp3) is 0.333. The van der Waals surface area contributed by atoms with Crippen LogP contribution in [0.15, 0.2) is 8.26 Å². The first kappa shape index (κ1) is 7.76. The highest BCUT2D eigenvalue weighted by Crippen LogP contribution is 2.35. The molecule has 1 rings (SSSR count). The van der Waals surface area contributed by atoms with E-state index >= 15 is 0 Å². The van der Waals surface area contributed by atoms with E-state index in [0.717, 1.165) is 0 Å². The third-order valence-corrected chi connectivity index (χ3v) is 4.70. The van der Waals surface area contributed by atoms with Gasteiger partial charge in [-0.25, -0.2) is 0 Å². The number of hydrogen-bond donors (Lipinski definition) is 0. The van der Waals surface area contributed by atoms with Crippen LogP contribution in [0.5, 0.6) is 0 Å². The summed E-state index contributed by atoms with van der Waals surface area (Å²) in [4.78, 5) is 1.33. The predicted molar refractivity (Wildman–Crippen MR) is 49.2 cm³/mol. The maximum Gasteiger partial charge on any atom is 0.0742 e. The summed E-state index contributed by atoms with van der Waals surface area (Å²) in [7, 11) is 0. The molecule has 0 radical (unpaired) electrons. The van der Waals surface area contributed by atoms with Crippen LogP contribution in [0.25, 0.3) is 0 Å². The molecule has 0 spiro atoms. The SMILES string of the molecule is Cc1sc(Br)c(C)c1Br. The standard InChI is InChI=1S/C6H6Br2S/c1-3-5(7)4(2)9-6(3)8/h1-2H3. The minimum atomic E-state index is 1.23. The average molecular weight is 270 g/mol. The second-order valence-electron chi connectivity index (χ2n) is 1.87. The van der Waals surface area contributed by atoms with E-state index in [0.29, 0.717) is 0 Å². The van der Waals surface area contributed by atoms with Gasteiger partial charge in [0.15, 0.2) is 0 Å². The molecule has 50 valence electrons. The Balaban J connectivity index is 3.29. The molecular weight excluding hydrogens is 264 g/mol. The lowest BCUT2D eigenvalue weighted by molar-refractivity contribution is 1.44. The second kappa shape index (κ2) is 2.72. The lowest BCUT2D eigenvalue weighted by Gasteiger charge is -1.85. The molecule has 0 fully saturated rings. The fourth-order valence-electron chi connectivity index (χ4n) is 0.606. The Kier molecular flexibility index (Phi) is 2.35. The van der Waals surface area contributed by atoms with Crippen molar-refractivity contribution in [1.29, 1.82) is 0 Å². The summed E-state index contributed by atoms with van der Waals surface area (Å²) in [5.41, 5.74) is 1.30. The van der Waals surface area contributed by atoms with Gasteiger partial charge in [-0.15, -0.1) is 11.3 Å². The minimum absolute atomic E-state index is 1.23.